The Kier molecular flexibility index (Phi) is 4.57. The van der Waals surface area contributed by atoms with Crippen LogP contribution < -0.4 is 11.1 Å². The number of amides is 1. The minimum absolute atomic E-state index is 0.155. The highest BCUT2D eigenvalue weighted by molar-refractivity contribution is 5.95. The van der Waals surface area contributed by atoms with Crippen LogP contribution in [0.4, 0.5) is 14.5 Å². The van der Waals surface area contributed by atoms with Crippen molar-refractivity contribution in [1.29, 1.82) is 0 Å². The predicted molar refractivity (Wildman–Crippen MR) is 85.3 cm³/mol. The molecular weight excluding hydrogens is 316 g/mol. The third kappa shape index (κ3) is 3.14. The molecule has 3 N–H and O–H groups in total. The molecule has 1 aliphatic heterocycles. The number of alkyl halides is 2. The van der Waals surface area contributed by atoms with Crippen molar-refractivity contribution in [3.05, 3.63) is 30.2 Å². The van der Waals surface area contributed by atoms with E-state index in [1.807, 2.05) is 0 Å². The molecule has 24 heavy (non-hydrogen) atoms. The van der Waals surface area contributed by atoms with E-state index in [2.05, 4.69) is 15.4 Å². The van der Waals surface area contributed by atoms with Crippen molar-refractivity contribution in [3.8, 4) is 11.3 Å². The van der Waals surface area contributed by atoms with Gasteiger partial charge < -0.3 is 11.1 Å². The van der Waals surface area contributed by atoms with Crippen LogP contribution in [0.5, 0.6) is 0 Å². The van der Waals surface area contributed by atoms with E-state index in [0.29, 0.717) is 28.8 Å². The van der Waals surface area contributed by atoms with Gasteiger partial charge in [0, 0.05) is 23.7 Å². The van der Waals surface area contributed by atoms with E-state index < -0.39 is 6.55 Å². The summed E-state index contributed by atoms with van der Waals surface area (Å²) in [6.45, 7) is -1.01. The molecule has 1 amide bonds. The number of hydrogen-bond donors (Lipinski definition) is 2. The van der Waals surface area contributed by atoms with E-state index >= 15 is 0 Å². The Morgan fingerprint density at radius 2 is 2.21 bits per heavy atom. The number of hydrogen-bond acceptors (Lipinski definition) is 4. The van der Waals surface area contributed by atoms with E-state index in [-0.39, 0.29) is 29.2 Å². The molecule has 2 bridgehead atoms. The van der Waals surface area contributed by atoms with Crippen molar-refractivity contribution in [2.45, 2.75) is 38.8 Å². The van der Waals surface area contributed by atoms with Gasteiger partial charge >= 0.3 is 6.55 Å². The number of aromatic nitrogens is 3. The van der Waals surface area contributed by atoms with Gasteiger partial charge in [-0.25, -0.2) is 4.68 Å². The van der Waals surface area contributed by atoms with Crippen molar-refractivity contribution in [1.82, 2.24) is 14.8 Å². The SMILES string of the molecule is CC1CCCC(N)c2cc(ccn2)-c2c(cnn2C(F)F)NC1=O. The summed E-state index contributed by atoms with van der Waals surface area (Å²) in [7, 11) is 0. The third-order valence-corrected chi connectivity index (χ3v) is 4.27. The van der Waals surface area contributed by atoms with Crippen LogP contribution in [0.15, 0.2) is 24.5 Å². The van der Waals surface area contributed by atoms with E-state index in [1.54, 1.807) is 19.1 Å². The number of halogens is 2. The molecule has 1 aliphatic rings. The fraction of sp³-hybridized carbons (Fsp3) is 0.438. The number of carbonyl (C=O) groups excluding carboxylic acids is 1. The van der Waals surface area contributed by atoms with Gasteiger partial charge in [0.15, 0.2) is 0 Å². The summed E-state index contributed by atoms with van der Waals surface area (Å²) >= 11 is 0. The van der Waals surface area contributed by atoms with Crippen molar-refractivity contribution < 1.29 is 13.6 Å². The highest BCUT2D eigenvalue weighted by Crippen LogP contribution is 2.33. The number of pyridine rings is 1. The van der Waals surface area contributed by atoms with Gasteiger partial charge in [-0.3, -0.25) is 9.78 Å². The first kappa shape index (κ1) is 16.5. The Hall–Kier alpha value is -2.35. The molecule has 3 heterocycles. The molecular formula is C16H19F2N5O. The highest BCUT2D eigenvalue weighted by atomic mass is 19.3. The number of fused-ring (bicyclic) bond motifs is 4. The minimum atomic E-state index is -2.82. The summed E-state index contributed by atoms with van der Waals surface area (Å²) in [6, 6.07) is 2.99. The molecule has 2 atom stereocenters. The van der Waals surface area contributed by atoms with E-state index in [9.17, 15) is 13.6 Å². The highest BCUT2D eigenvalue weighted by Gasteiger charge is 2.23. The molecule has 0 aliphatic carbocycles. The molecule has 2 aromatic heterocycles. The fourth-order valence-electron chi connectivity index (χ4n) is 2.87. The fourth-order valence-corrected chi connectivity index (χ4v) is 2.87. The summed E-state index contributed by atoms with van der Waals surface area (Å²) in [5, 5.41) is 6.44. The maximum absolute atomic E-state index is 13.3. The van der Waals surface area contributed by atoms with Gasteiger partial charge in [0.25, 0.3) is 0 Å². The molecule has 128 valence electrons. The normalized spacial score (nSPS) is 21.6. The zero-order chi connectivity index (χ0) is 17.3. The molecule has 0 saturated heterocycles. The largest absolute Gasteiger partial charge is 0.333 e. The molecule has 3 rings (SSSR count). The van der Waals surface area contributed by atoms with Gasteiger partial charge in [-0.05, 0) is 25.0 Å². The Morgan fingerprint density at radius 3 is 2.96 bits per heavy atom. The van der Waals surface area contributed by atoms with Gasteiger partial charge in [0.1, 0.15) is 0 Å². The van der Waals surface area contributed by atoms with E-state index in [0.717, 1.165) is 6.42 Å². The zero-order valence-corrected chi connectivity index (χ0v) is 13.2. The monoisotopic (exact) mass is 335 g/mol. The molecule has 2 unspecified atom stereocenters. The first-order valence-corrected chi connectivity index (χ1v) is 7.85. The van der Waals surface area contributed by atoms with Crippen molar-refractivity contribution >= 4 is 11.6 Å². The second kappa shape index (κ2) is 6.64. The molecule has 0 spiro atoms. The summed E-state index contributed by atoms with van der Waals surface area (Å²) in [5.74, 6) is -0.459. The topological polar surface area (TPSA) is 85.8 Å². The van der Waals surface area contributed by atoms with Gasteiger partial charge in [-0.15, -0.1) is 0 Å². The summed E-state index contributed by atoms with van der Waals surface area (Å²) in [4.78, 5) is 16.6. The van der Waals surface area contributed by atoms with Crippen LogP contribution in [-0.4, -0.2) is 20.7 Å². The Bertz CT molecular complexity index is 746. The minimum Gasteiger partial charge on any atom is -0.323 e. The van der Waals surface area contributed by atoms with Gasteiger partial charge in [0.2, 0.25) is 5.91 Å². The standard InChI is InChI=1S/C16H19F2N5O/c1-9-3-2-4-11(19)12-7-10(5-6-20-12)14-13(22-15(9)24)8-21-23(14)16(17)18/h5-9,11,16H,2-4,19H2,1H3,(H,22,24). The van der Waals surface area contributed by atoms with E-state index in [1.165, 1.54) is 12.4 Å². The van der Waals surface area contributed by atoms with Crippen LogP contribution in [0.25, 0.3) is 11.3 Å². The van der Waals surface area contributed by atoms with Crippen molar-refractivity contribution in [2.24, 2.45) is 11.7 Å². The summed E-state index contributed by atoms with van der Waals surface area (Å²) in [5.41, 5.74) is 7.71. The number of nitrogens with one attached hydrogen (secondary N) is 1. The van der Waals surface area contributed by atoms with Crippen LogP contribution in [0, 0.1) is 5.92 Å². The first-order valence-electron chi connectivity index (χ1n) is 7.85. The number of rotatable bonds is 1. The van der Waals surface area contributed by atoms with Gasteiger partial charge in [-0.1, -0.05) is 13.3 Å². The maximum atomic E-state index is 13.3. The Balaban J connectivity index is 2.15. The maximum Gasteiger partial charge on any atom is 0.333 e. The van der Waals surface area contributed by atoms with Crippen LogP contribution in [-0.2, 0) is 4.79 Å². The summed E-state index contributed by atoms with van der Waals surface area (Å²) in [6.07, 6.45) is 4.91. The molecule has 0 fully saturated rings. The third-order valence-electron chi connectivity index (χ3n) is 4.27. The second-order valence-electron chi connectivity index (χ2n) is 6.03. The van der Waals surface area contributed by atoms with Crippen molar-refractivity contribution in [2.75, 3.05) is 5.32 Å². The average molecular weight is 335 g/mol. The lowest BCUT2D eigenvalue weighted by Crippen LogP contribution is -2.22. The number of anilines is 1. The molecule has 8 heteroatoms. The quantitative estimate of drug-likeness (QED) is 0.838. The molecule has 6 nitrogen and oxygen atoms in total. The predicted octanol–water partition coefficient (Wildman–Crippen LogP) is 3.10. The zero-order valence-electron chi connectivity index (χ0n) is 13.2. The summed E-state index contributed by atoms with van der Waals surface area (Å²) < 4.78 is 27.2. The first-order chi connectivity index (χ1) is 11.5. The van der Waals surface area contributed by atoms with Gasteiger partial charge in [0.05, 0.1) is 23.3 Å². The molecule has 0 aromatic carbocycles. The Morgan fingerprint density at radius 1 is 1.42 bits per heavy atom. The Labute approximate surface area is 138 Å². The smallest absolute Gasteiger partial charge is 0.323 e. The lowest BCUT2D eigenvalue weighted by atomic mass is 9.97. The average Bonchev–Trinajstić information content (AvgIpc) is 2.97. The van der Waals surface area contributed by atoms with Gasteiger partial charge in [-0.2, -0.15) is 13.9 Å². The van der Waals surface area contributed by atoms with Crippen LogP contribution >= 0.6 is 0 Å². The van der Waals surface area contributed by atoms with Crippen LogP contribution in [0.3, 0.4) is 0 Å². The number of nitrogens with zero attached hydrogens (tertiary/aromatic N) is 3. The lowest BCUT2D eigenvalue weighted by Gasteiger charge is -2.18. The number of nitrogens with two attached hydrogens (primary N) is 1. The second-order valence-corrected chi connectivity index (χ2v) is 6.03. The molecule has 0 radical (unpaired) electrons. The van der Waals surface area contributed by atoms with Crippen molar-refractivity contribution in [3.63, 3.8) is 0 Å². The molecule has 0 saturated carbocycles. The number of carbonyl (C=O) groups is 1. The molecule has 2 aromatic rings. The van der Waals surface area contributed by atoms with Crippen LogP contribution in [0.1, 0.15) is 44.5 Å². The van der Waals surface area contributed by atoms with E-state index in [4.69, 9.17) is 5.73 Å². The van der Waals surface area contributed by atoms with Crippen LogP contribution in [0.2, 0.25) is 0 Å². The lowest BCUT2D eigenvalue weighted by molar-refractivity contribution is -0.119.